The molecule has 1 unspecified atom stereocenters. The Bertz CT molecular complexity index is 557. The minimum Gasteiger partial charge on any atom is -0.480 e. The van der Waals surface area contributed by atoms with Crippen molar-refractivity contribution in [1.82, 2.24) is 5.32 Å². The van der Waals surface area contributed by atoms with Gasteiger partial charge in [-0.15, -0.1) is 0 Å². The number of hydrogen-bond acceptors (Lipinski definition) is 3. The Balaban J connectivity index is 2.69. The van der Waals surface area contributed by atoms with Crippen molar-refractivity contribution in [2.75, 3.05) is 0 Å². The molecule has 1 aromatic rings. The number of benzene rings is 1. The number of carboxylic acids is 1. The average Bonchev–Trinajstić information content (AvgIpc) is 2.36. The number of nitrogens with one attached hydrogen (secondary N) is 1. The zero-order chi connectivity index (χ0) is 15.1. The molecule has 0 saturated carbocycles. The van der Waals surface area contributed by atoms with Crippen LogP contribution in [-0.4, -0.2) is 28.9 Å². The molecule has 2 amide bonds. The van der Waals surface area contributed by atoms with Gasteiger partial charge in [-0.1, -0.05) is 29.8 Å². The highest BCUT2D eigenvalue weighted by Crippen LogP contribution is 2.16. The van der Waals surface area contributed by atoms with Gasteiger partial charge in [-0.3, -0.25) is 9.59 Å². The first-order valence-corrected chi connectivity index (χ1v) is 6.02. The number of nitrogens with two attached hydrogens (primary N) is 1. The minimum atomic E-state index is -1.35. The summed E-state index contributed by atoms with van der Waals surface area (Å²) in [5, 5.41) is 11.5. The van der Waals surface area contributed by atoms with Gasteiger partial charge >= 0.3 is 5.97 Å². The summed E-state index contributed by atoms with van der Waals surface area (Å²) in [5.74, 6) is -2.80. The maximum absolute atomic E-state index is 11.6. The number of halogens is 1. The Morgan fingerprint density at radius 1 is 1.35 bits per heavy atom. The second-order valence-corrected chi connectivity index (χ2v) is 4.33. The highest BCUT2D eigenvalue weighted by molar-refractivity contribution is 6.32. The van der Waals surface area contributed by atoms with Crippen LogP contribution in [0.2, 0.25) is 5.02 Å². The van der Waals surface area contributed by atoms with E-state index < -0.39 is 30.2 Å². The number of carboxylic acid groups (broad SMARTS) is 1. The molecule has 0 spiro atoms. The van der Waals surface area contributed by atoms with Gasteiger partial charge in [-0.25, -0.2) is 4.79 Å². The molecule has 0 bridgehead atoms. The molecule has 1 rings (SSSR count). The zero-order valence-corrected chi connectivity index (χ0v) is 11.1. The number of primary amides is 1. The summed E-state index contributed by atoms with van der Waals surface area (Å²) < 4.78 is 0. The van der Waals surface area contributed by atoms with Crippen LogP contribution in [-0.2, 0) is 14.4 Å². The fraction of sp³-hybridized carbons (Fsp3) is 0.154. The fourth-order valence-corrected chi connectivity index (χ4v) is 1.60. The van der Waals surface area contributed by atoms with Gasteiger partial charge in [0.1, 0.15) is 6.04 Å². The maximum Gasteiger partial charge on any atom is 0.326 e. The summed E-state index contributed by atoms with van der Waals surface area (Å²) in [7, 11) is 0. The second-order valence-electron chi connectivity index (χ2n) is 3.92. The topological polar surface area (TPSA) is 109 Å². The molecule has 1 aromatic carbocycles. The minimum absolute atomic E-state index is 0.462. The van der Waals surface area contributed by atoms with Crippen molar-refractivity contribution in [3.05, 3.63) is 40.9 Å². The molecule has 0 radical (unpaired) electrons. The molecule has 20 heavy (non-hydrogen) atoms. The molecule has 0 aliphatic heterocycles. The van der Waals surface area contributed by atoms with Gasteiger partial charge in [0.2, 0.25) is 11.8 Å². The number of rotatable bonds is 6. The molecule has 7 heteroatoms. The summed E-state index contributed by atoms with van der Waals surface area (Å²) >= 11 is 5.89. The van der Waals surface area contributed by atoms with Crippen LogP contribution < -0.4 is 11.1 Å². The summed E-state index contributed by atoms with van der Waals surface area (Å²) in [6, 6.07) is 5.50. The average molecular weight is 297 g/mol. The Morgan fingerprint density at radius 2 is 2.00 bits per heavy atom. The van der Waals surface area contributed by atoms with E-state index in [0.29, 0.717) is 10.6 Å². The van der Waals surface area contributed by atoms with E-state index in [1.165, 1.54) is 6.08 Å². The van der Waals surface area contributed by atoms with Crippen LogP contribution >= 0.6 is 11.6 Å². The molecular formula is C13H13ClN2O4. The first-order valence-electron chi connectivity index (χ1n) is 5.64. The standard InChI is InChI=1S/C13H13ClN2O4/c14-9-4-2-1-3-8(9)5-6-12(18)16-10(13(19)20)7-11(15)17/h1-6,10H,7H2,(H2,15,17)(H,16,18)(H,19,20)/b6-5+. The number of amides is 2. The van der Waals surface area contributed by atoms with E-state index in [2.05, 4.69) is 5.32 Å². The van der Waals surface area contributed by atoms with E-state index in [9.17, 15) is 14.4 Å². The Labute approximate surface area is 120 Å². The van der Waals surface area contributed by atoms with Crippen molar-refractivity contribution in [1.29, 1.82) is 0 Å². The fourth-order valence-electron chi connectivity index (χ4n) is 1.40. The smallest absolute Gasteiger partial charge is 0.326 e. The van der Waals surface area contributed by atoms with Gasteiger partial charge in [0.05, 0.1) is 6.42 Å². The lowest BCUT2D eigenvalue weighted by Crippen LogP contribution is -2.42. The van der Waals surface area contributed by atoms with Crippen LogP contribution in [0, 0.1) is 0 Å². The van der Waals surface area contributed by atoms with Gasteiger partial charge in [-0.05, 0) is 17.7 Å². The quantitative estimate of drug-likeness (QED) is 0.674. The van der Waals surface area contributed by atoms with Crippen molar-refractivity contribution in [2.24, 2.45) is 5.73 Å². The molecule has 0 saturated heterocycles. The molecule has 1 atom stereocenters. The van der Waals surface area contributed by atoms with Crippen LogP contribution in [0.3, 0.4) is 0 Å². The number of hydrogen-bond donors (Lipinski definition) is 3. The Hall–Kier alpha value is -2.34. The van der Waals surface area contributed by atoms with Gasteiger partial charge in [0.15, 0.2) is 0 Å². The molecule has 0 fully saturated rings. The number of carbonyl (C=O) groups excluding carboxylic acids is 2. The first-order chi connectivity index (χ1) is 9.40. The third-order valence-electron chi connectivity index (χ3n) is 2.34. The monoisotopic (exact) mass is 296 g/mol. The molecule has 106 valence electrons. The molecule has 0 heterocycles. The number of carbonyl (C=O) groups is 3. The summed E-state index contributed by atoms with van der Waals surface area (Å²) in [6.45, 7) is 0. The third kappa shape index (κ3) is 5.11. The first kappa shape index (κ1) is 15.7. The lowest BCUT2D eigenvalue weighted by atomic mass is 10.2. The van der Waals surface area contributed by atoms with Crippen molar-refractivity contribution >= 4 is 35.5 Å². The third-order valence-corrected chi connectivity index (χ3v) is 2.68. The van der Waals surface area contributed by atoms with Crippen molar-refractivity contribution in [3.63, 3.8) is 0 Å². The van der Waals surface area contributed by atoms with Crippen molar-refractivity contribution in [2.45, 2.75) is 12.5 Å². The highest BCUT2D eigenvalue weighted by Gasteiger charge is 2.20. The predicted octanol–water partition coefficient (Wildman–Crippen LogP) is 0.798. The van der Waals surface area contributed by atoms with E-state index in [0.717, 1.165) is 6.08 Å². The zero-order valence-electron chi connectivity index (χ0n) is 10.4. The summed E-state index contributed by atoms with van der Waals surface area (Å²) in [4.78, 5) is 33.1. The Morgan fingerprint density at radius 3 is 2.55 bits per heavy atom. The normalized spacial score (nSPS) is 12.1. The van der Waals surface area contributed by atoms with Crippen LogP contribution in [0.15, 0.2) is 30.3 Å². The van der Waals surface area contributed by atoms with Gasteiger partial charge in [0.25, 0.3) is 0 Å². The Kier molecular flexibility index (Phi) is 5.74. The van der Waals surface area contributed by atoms with Crippen molar-refractivity contribution < 1.29 is 19.5 Å². The SMILES string of the molecule is NC(=O)CC(NC(=O)/C=C/c1ccccc1Cl)C(=O)O. The van der Waals surface area contributed by atoms with Crippen LogP contribution in [0.1, 0.15) is 12.0 Å². The lowest BCUT2D eigenvalue weighted by molar-refractivity contribution is -0.142. The highest BCUT2D eigenvalue weighted by atomic mass is 35.5. The molecule has 0 aliphatic rings. The van der Waals surface area contributed by atoms with E-state index in [1.54, 1.807) is 24.3 Å². The summed E-state index contributed by atoms with van der Waals surface area (Å²) in [5.41, 5.74) is 5.52. The van der Waals surface area contributed by atoms with E-state index in [4.69, 9.17) is 22.4 Å². The lowest BCUT2D eigenvalue weighted by Gasteiger charge is -2.10. The molecule has 0 aromatic heterocycles. The molecule has 0 aliphatic carbocycles. The molecule has 4 N–H and O–H groups in total. The van der Waals surface area contributed by atoms with E-state index >= 15 is 0 Å². The largest absolute Gasteiger partial charge is 0.480 e. The molecular weight excluding hydrogens is 284 g/mol. The van der Waals surface area contributed by atoms with Crippen LogP contribution in [0.4, 0.5) is 0 Å². The van der Waals surface area contributed by atoms with Crippen molar-refractivity contribution in [3.8, 4) is 0 Å². The molecule has 6 nitrogen and oxygen atoms in total. The van der Waals surface area contributed by atoms with E-state index in [-0.39, 0.29) is 0 Å². The predicted molar refractivity (Wildman–Crippen MR) is 73.9 cm³/mol. The summed E-state index contributed by atoms with van der Waals surface area (Å²) in [6.07, 6.45) is 2.11. The van der Waals surface area contributed by atoms with E-state index in [1.807, 2.05) is 0 Å². The van der Waals surface area contributed by atoms with Gasteiger partial charge in [0, 0.05) is 11.1 Å². The van der Waals surface area contributed by atoms with Crippen LogP contribution in [0.5, 0.6) is 0 Å². The van der Waals surface area contributed by atoms with Gasteiger partial charge in [-0.2, -0.15) is 0 Å². The van der Waals surface area contributed by atoms with Crippen LogP contribution in [0.25, 0.3) is 6.08 Å². The number of aliphatic carboxylic acids is 1. The van der Waals surface area contributed by atoms with Gasteiger partial charge < -0.3 is 16.2 Å². The maximum atomic E-state index is 11.6. The second kappa shape index (κ2) is 7.30.